The fourth-order valence-electron chi connectivity index (χ4n) is 2.29. The van der Waals surface area contributed by atoms with E-state index in [1.807, 2.05) is 4.90 Å². The molecule has 1 heterocycles. The fraction of sp³-hybridized carbons (Fsp3) is 0.467. The Morgan fingerprint density at radius 2 is 2.00 bits per heavy atom. The van der Waals surface area contributed by atoms with Crippen molar-refractivity contribution in [1.29, 1.82) is 0 Å². The van der Waals surface area contributed by atoms with E-state index < -0.39 is 0 Å². The zero-order valence-corrected chi connectivity index (χ0v) is 13.3. The monoisotopic (exact) mass is 326 g/mol. The minimum absolute atomic E-state index is 0.0192. The molecule has 1 aromatic carbocycles. The summed E-state index contributed by atoms with van der Waals surface area (Å²) < 4.78 is 0. The van der Waals surface area contributed by atoms with Crippen molar-refractivity contribution < 1.29 is 9.59 Å². The molecule has 21 heavy (non-hydrogen) atoms. The first-order valence-corrected chi connectivity index (χ1v) is 8.47. The minimum Gasteiger partial charge on any atom is -0.342 e. The number of halogens is 1. The Labute approximate surface area is 134 Å². The SMILES string of the molecule is NCC1CCN(C(=O)CSCC(=O)c2ccc(Cl)cc2)C1. The number of nitrogens with zero attached hydrogens (tertiary/aromatic N) is 1. The van der Waals surface area contributed by atoms with Crippen molar-refractivity contribution in [2.45, 2.75) is 6.42 Å². The van der Waals surface area contributed by atoms with E-state index in [-0.39, 0.29) is 11.7 Å². The van der Waals surface area contributed by atoms with E-state index in [1.165, 1.54) is 11.8 Å². The summed E-state index contributed by atoms with van der Waals surface area (Å²) in [6.45, 7) is 2.17. The molecule has 1 amide bonds. The van der Waals surface area contributed by atoms with Gasteiger partial charge in [0.1, 0.15) is 0 Å². The van der Waals surface area contributed by atoms with E-state index in [0.29, 0.717) is 34.6 Å². The lowest BCUT2D eigenvalue weighted by Gasteiger charge is -2.15. The van der Waals surface area contributed by atoms with Gasteiger partial charge in [0.15, 0.2) is 5.78 Å². The first kappa shape index (κ1) is 16.3. The smallest absolute Gasteiger partial charge is 0.232 e. The molecule has 1 aromatic rings. The highest BCUT2D eigenvalue weighted by molar-refractivity contribution is 8.00. The minimum atomic E-state index is 0.0192. The van der Waals surface area contributed by atoms with Gasteiger partial charge in [-0.3, -0.25) is 9.59 Å². The average molecular weight is 327 g/mol. The predicted octanol–water partition coefficient (Wildman–Crippen LogP) is 2.06. The molecule has 4 nitrogen and oxygen atoms in total. The summed E-state index contributed by atoms with van der Waals surface area (Å²) >= 11 is 7.14. The number of carbonyl (C=O) groups excluding carboxylic acids is 2. The van der Waals surface area contributed by atoms with E-state index >= 15 is 0 Å². The molecule has 2 N–H and O–H groups in total. The summed E-state index contributed by atoms with van der Waals surface area (Å²) in [5.74, 6) is 1.19. The summed E-state index contributed by atoms with van der Waals surface area (Å²) in [6, 6.07) is 6.81. The Morgan fingerprint density at radius 3 is 2.62 bits per heavy atom. The van der Waals surface area contributed by atoms with Crippen LogP contribution in [0.5, 0.6) is 0 Å². The second-order valence-corrected chi connectivity index (χ2v) is 6.58. The van der Waals surface area contributed by atoms with Crippen LogP contribution in [0.2, 0.25) is 5.02 Å². The molecule has 1 aliphatic heterocycles. The number of nitrogens with two attached hydrogens (primary N) is 1. The molecule has 2 rings (SSSR count). The highest BCUT2D eigenvalue weighted by atomic mass is 35.5. The van der Waals surface area contributed by atoms with E-state index in [9.17, 15) is 9.59 Å². The maximum absolute atomic E-state index is 12.0. The number of thioether (sulfide) groups is 1. The molecule has 1 aliphatic rings. The van der Waals surface area contributed by atoms with Crippen LogP contribution in [0.1, 0.15) is 16.8 Å². The molecule has 0 bridgehead atoms. The van der Waals surface area contributed by atoms with E-state index in [1.54, 1.807) is 24.3 Å². The lowest BCUT2D eigenvalue weighted by molar-refractivity contribution is -0.127. The summed E-state index contributed by atoms with van der Waals surface area (Å²) in [7, 11) is 0. The van der Waals surface area contributed by atoms with Crippen LogP contribution >= 0.6 is 23.4 Å². The molecule has 0 aromatic heterocycles. The van der Waals surface area contributed by atoms with Gasteiger partial charge in [-0.1, -0.05) is 11.6 Å². The van der Waals surface area contributed by atoms with Gasteiger partial charge in [0.25, 0.3) is 0 Å². The van der Waals surface area contributed by atoms with Gasteiger partial charge < -0.3 is 10.6 Å². The number of hydrogen-bond donors (Lipinski definition) is 1. The van der Waals surface area contributed by atoms with Crippen molar-refractivity contribution in [3.63, 3.8) is 0 Å². The average Bonchev–Trinajstić information content (AvgIpc) is 2.96. The Balaban J connectivity index is 1.73. The maximum atomic E-state index is 12.0. The normalized spacial score (nSPS) is 18.0. The summed E-state index contributed by atoms with van der Waals surface area (Å²) in [4.78, 5) is 25.8. The van der Waals surface area contributed by atoms with E-state index in [0.717, 1.165) is 19.5 Å². The highest BCUT2D eigenvalue weighted by Crippen LogP contribution is 2.17. The number of ketones is 1. The van der Waals surface area contributed by atoms with E-state index in [2.05, 4.69) is 0 Å². The number of Topliss-reactive ketones (excluding diaryl/α,β-unsaturated/α-hetero) is 1. The molecule has 1 fully saturated rings. The van der Waals surface area contributed by atoms with Crippen LogP contribution in [-0.2, 0) is 4.79 Å². The fourth-order valence-corrected chi connectivity index (χ4v) is 3.23. The topological polar surface area (TPSA) is 63.4 Å². The molecule has 114 valence electrons. The van der Waals surface area contributed by atoms with Crippen molar-refractivity contribution in [1.82, 2.24) is 4.90 Å². The van der Waals surface area contributed by atoms with Crippen LogP contribution in [-0.4, -0.2) is 47.7 Å². The van der Waals surface area contributed by atoms with Gasteiger partial charge >= 0.3 is 0 Å². The summed E-state index contributed by atoms with van der Waals surface area (Å²) in [6.07, 6.45) is 0.983. The van der Waals surface area contributed by atoms with Crippen LogP contribution in [0.15, 0.2) is 24.3 Å². The van der Waals surface area contributed by atoms with Crippen LogP contribution in [0.25, 0.3) is 0 Å². The number of likely N-dealkylation sites (tertiary alicyclic amines) is 1. The Bertz CT molecular complexity index is 507. The van der Waals surface area contributed by atoms with Crippen LogP contribution in [0.4, 0.5) is 0 Å². The van der Waals surface area contributed by atoms with Crippen molar-refractivity contribution >= 4 is 35.1 Å². The molecule has 0 spiro atoms. The van der Waals surface area contributed by atoms with Gasteiger partial charge in [0, 0.05) is 23.7 Å². The zero-order valence-electron chi connectivity index (χ0n) is 11.8. The second kappa shape index (κ2) is 7.82. The van der Waals surface area contributed by atoms with Crippen molar-refractivity contribution in [3.8, 4) is 0 Å². The van der Waals surface area contributed by atoms with Gasteiger partial charge in [-0.2, -0.15) is 0 Å². The van der Waals surface area contributed by atoms with Gasteiger partial charge in [0.05, 0.1) is 11.5 Å². The number of carbonyl (C=O) groups is 2. The highest BCUT2D eigenvalue weighted by Gasteiger charge is 2.24. The third-order valence-corrected chi connectivity index (χ3v) is 4.77. The lowest BCUT2D eigenvalue weighted by atomic mass is 10.1. The Kier molecular flexibility index (Phi) is 6.08. The second-order valence-electron chi connectivity index (χ2n) is 5.15. The van der Waals surface area contributed by atoms with Crippen LogP contribution in [0.3, 0.4) is 0 Å². The quantitative estimate of drug-likeness (QED) is 0.813. The molecular formula is C15H19ClN2O2S. The van der Waals surface area contributed by atoms with Gasteiger partial charge in [-0.15, -0.1) is 11.8 Å². The Hall–Kier alpha value is -1.04. The molecule has 1 unspecified atom stereocenters. The number of benzene rings is 1. The first-order valence-electron chi connectivity index (χ1n) is 6.94. The Morgan fingerprint density at radius 1 is 1.29 bits per heavy atom. The summed E-state index contributed by atoms with van der Waals surface area (Å²) in [5, 5.41) is 0.609. The van der Waals surface area contributed by atoms with Gasteiger partial charge in [0.2, 0.25) is 5.91 Å². The molecule has 0 saturated carbocycles. The molecule has 1 saturated heterocycles. The molecule has 0 aliphatic carbocycles. The van der Waals surface area contributed by atoms with Crippen molar-refractivity contribution in [2.75, 3.05) is 31.1 Å². The predicted molar refractivity (Wildman–Crippen MR) is 86.8 cm³/mol. The third kappa shape index (κ3) is 4.73. The van der Waals surface area contributed by atoms with Crippen molar-refractivity contribution in [2.24, 2.45) is 11.7 Å². The molecule has 1 atom stereocenters. The first-order chi connectivity index (χ1) is 10.1. The zero-order chi connectivity index (χ0) is 15.2. The van der Waals surface area contributed by atoms with Gasteiger partial charge in [-0.25, -0.2) is 0 Å². The van der Waals surface area contributed by atoms with Gasteiger partial charge in [-0.05, 0) is 43.1 Å². The summed E-state index contributed by atoms with van der Waals surface area (Å²) in [5.41, 5.74) is 6.24. The maximum Gasteiger partial charge on any atom is 0.232 e. The largest absolute Gasteiger partial charge is 0.342 e. The standard InChI is InChI=1S/C15H19ClN2O2S/c16-13-3-1-12(2-4-13)14(19)9-21-10-15(20)18-6-5-11(7-17)8-18/h1-4,11H,5-10,17H2. The number of rotatable bonds is 6. The molecule has 0 radical (unpaired) electrons. The van der Waals surface area contributed by atoms with Crippen LogP contribution in [0, 0.1) is 5.92 Å². The van der Waals surface area contributed by atoms with Crippen LogP contribution < -0.4 is 5.73 Å². The number of hydrogen-bond acceptors (Lipinski definition) is 4. The van der Waals surface area contributed by atoms with Crippen molar-refractivity contribution in [3.05, 3.63) is 34.9 Å². The molecular weight excluding hydrogens is 308 g/mol. The third-order valence-electron chi connectivity index (χ3n) is 3.60. The lowest BCUT2D eigenvalue weighted by Crippen LogP contribution is -2.31. The molecule has 6 heteroatoms. The number of amides is 1. The van der Waals surface area contributed by atoms with E-state index in [4.69, 9.17) is 17.3 Å².